The van der Waals surface area contributed by atoms with E-state index in [0.717, 1.165) is 13.1 Å². The van der Waals surface area contributed by atoms with Crippen LogP contribution in [0.4, 0.5) is 4.79 Å². The number of methoxy groups -OCH3 is 1. The number of carbonyl (C=O) groups excluding carboxylic acids is 1. The van der Waals surface area contributed by atoms with Crippen LogP contribution in [0, 0.1) is 0 Å². The van der Waals surface area contributed by atoms with E-state index in [4.69, 9.17) is 0 Å². The van der Waals surface area contributed by atoms with Crippen molar-refractivity contribution in [2.75, 3.05) is 34.3 Å². The van der Waals surface area contributed by atoms with E-state index in [0.29, 0.717) is 6.04 Å². The van der Waals surface area contributed by atoms with Gasteiger partial charge < -0.3 is 14.5 Å². The lowest BCUT2D eigenvalue weighted by molar-refractivity contribution is 0.123. The summed E-state index contributed by atoms with van der Waals surface area (Å²) in [7, 11) is 5.29. The van der Waals surface area contributed by atoms with Crippen LogP contribution >= 0.6 is 0 Å². The molecule has 0 aromatic rings. The molecule has 0 saturated carbocycles. The Kier molecular flexibility index (Phi) is 3.54. The molecule has 0 aromatic carbocycles. The van der Waals surface area contributed by atoms with Crippen LogP contribution in [0.25, 0.3) is 0 Å². The fraction of sp³-hybridized carbons (Fsp3) is 0.889. The summed E-state index contributed by atoms with van der Waals surface area (Å²) in [5, 5.41) is 0. The molecular formula is C9H18N2O2. The van der Waals surface area contributed by atoms with Crippen molar-refractivity contribution in [3.8, 4) is 0 Å². The van der Waals surface area contributed by atoms with Gasteiger partial charge in [-0.2, -0.15) is 0 Å². The third-order valence-electron chi connectivity index (χ3n) is 2.64. The zero-order valence-corrected chi connectivity index (χ0v) is 8.62. The monoisotopic (exact) mass is 186 g/mol. The molecule has 0 aromatic heterocycles. The summed E-state index contributed by atoms with van der Waals surface area (Å²) in [6.07, 6.45) is 2.16. The summed E-state index contributed by atoms with van der Waals surface area (Å²) in [5.74, 6) is 0. The number of hydrogen-bond acceptors (Lipinski definition) is 3. The summed E-state index contributed by atoms with van der Waals surface area (Å²) < 4.78 is 4.63. The fourth-order valence-electron chi connectivity index (χ4n) is 1.76. The first-order valence-electron chi connectivity index (χ1n) is 4.64. The highest BCUT2D eigenvalue weighted by atomic mass is 16.5. The van der Waals surface area contributed by atoms with Crippen molar-refractivity contribution in [2.45, 2.75) is 18.9 Å². The van der Waals surface area contributed by atoms with Crippen molar-refractivity contribution in [1.82, 2.24) is 9.80 Å². The second-order valence-corrected chi connectivity index (χ2v) is 3.63. The van der Waals surface area contributed by atoms with Crippen LogP contribution in [-0.2, 0) is 4.74 Å². The zero-order chi connectivity index (χ0) is 9.84. The van der Waals surface area contributed by atoms with Gasteiger partial charge in [0.2, 0.25) is 0 Å². The van der Waals surface area contributed by atoms with Gasteiger partial charge in [-0.25, -0.2) is 4.79 Å². The van der Waals surface area contributed by atoms with Gasteiger partial charge in [0, 0.05) is 19.6 Å². The van der Waals surface area contributed by atoms with Gasteiger partial charge in [0.1, 0.15) is 0 Å². The van der Waals surface area contributed by atoms with Crippen molar-refractivity contribution < 1.29 is 9.53 Å². The standard InChI is InChI=1S/C9H18N2O2/c1-10-6-4-5-8(10)7-11(2)9(12)13-3/h8H,4-7H2,1-3H3. The first kappa shape index (κ1) is 10.3. The Labute approximate surface area is 79.4 Å². The van der Waals surface area contributed by atoms with Crippen molar-refractivity contribution in [3.63, 3.8) is 0 Å². The molecule has 1 heterocycles. The van der Waals surface area contributed by atoms with Crippen LogP contribution in [0.15, 0.2) is 0 Å². The number of nitrogens with zero attached hydrogens (tertiary/aromatic N) is 2. The number of amides is 1. The van der Waals surface area contributed by atoms with Gasteiger partial charge in [-0.1, -0.05) is 0 Å². The fourth-order valence-corrected chi connectivity index (χ4v) is 1.76. The lowest BCUT2D eigenvalue weighted by Crippen LogP contribution is -2.39. The Morgan fingerprint density at radius 3 is 2.85 bits per heavy atom. The van der Waals surface area contributed by atoms with Crippen molar-refractivity contribution >= 4 is 6.09 Å². The Morgan fingerprint density at radius 2 is 2.38 bits per heavy atom. The molecule has 1 rings (SSSR count). The van der Waals surface area contributed by atoms with Gasteiger partial charge in [0.05, 0.1) is 7.11 Å². The Balaban J connectivity index is 2.34. The number of rotatable bonds is 2. The lowest BCUT2D eigenvalue weighted by Gasteiger charge is -2.24. The molecule has 0 radical (unpaired) electrons. The maximum Gasteiger partial charge on any atom is 0.409 e. The first-order valence-corrected chi connectivity index (χ1v) is 4.64. The van der Waals surface area contributed by atoms with Gasteiger partial charge in [0.15, 0.2) is 0 Å². The molecule has 0 N–H and O–H groups in total. The van der Waals surface area contributed by atoms with E-state index in [1.54, 1.807) is 11.9 Å². The van der Waals surface area contributed by atoms with E-state index in [2.05, 4.69) is 16.7 Å². The second-order valence-electron chi connectivity index (χ2n) is 3.63. The summed E-state index contributed by atoms with van der Waals surface area (Å²) in [6.45, 7) is 1.91. The average Bonchev–Trinajstić information content (AvgIpc) is 2.50. The number of hydrogen-bond donors (Lipinski definition) is 0. The molecule has 1 unspecified atom stereocenters. The topological polar surface area (TPSA) is 32.8 Å². The normalized spacial score (nSPS) is 23.2. The molecule has 4 heteroatoms. The predicted molar refractivity (Wildman–Crippen MR) is 50.7 cm³/mol. The molecule has 1 amide bonds. The zero-order valence-electron chi connectivity index (χ0n) is 8.62. The quantitative estimate of drug-likeness (QED) is 0.639. The number of likely N-dealkylation sites (N-methyl/N-ethyl adjacent to an activating group) is 2. The van der Waals surface area contributed by atoms with E-state index < -0.39 is 0 Å². The molecule has 1 atom stereocenters. The minimum Gasteiger partial charge on any atom is -0.453 e. The Morgan fingerprint density at radius 1 is 1.69 bits per heavy atom. The summed E-state index contributed by atoms with van der Waals surface area (Å²) in [5.41, 5.74) is 0. The third-order valence-corrected chi connectivity index (χ3v) is 2.64. The van der Waals surface area contributed by atoms with Gasteiger partial charge in [0.25, 0.3) is 0 Å². The molecule has 0 aliphatic carbocycles. The number of ether oxygens (including phenoxy) is 1. The number of carbonyl (C=O) groups is 1. The summed E-state index contributed by atoms with van der Waals surface area (Å²) >= 11 is 0. The van der Waals surface area contributed by atoms with Crippen LogP contribution in [0.3, 0.4) is 0 Å². The SMILES string of the molecule is COC(=O)N(C)CC1CCCN1C. The summed E-state index contributed by atoms with van der Waals surface area (Å²) in [4.78, 5) is 15.0. The largest absolute Gasteiger partial charge is 0.453 e. The molecule has 0 bridgehead atoms. The highest BCUT2D eigenvalue weighted by Gasteiger charge is 2.23. The predicted octanol–water partition coefficient (Wildman–Crippen LogP) is 0.779. The first-order chi connectivity index (χ1) is 6.15. The molecule has 1 fully saturated rings. The van der Waals surface area contributed by atoms with Crippen molar-refractivity contribution in [2.24, 2.45) is 0 Å². The second kappa shape index (κ2) is 4.46. The van der Waals surface area contributed by atoms with E-state index in [-0.39, 0.29) is 6.09 Å². The van der Waals surface area contributed by atoms with Crippen LogP contribution in [0.1, 0.15) is 12.8 Å². The molecule has 4 nitrogen and oxygen atoms in total. The van der Waals surface area contributed by atoms with Crippen molar-refractivity contribution in [3.05, 3.63) is 0 Å². The van der Waals surface area contributed by atoms with Gasteiger partial charge in [-0.05, 0) is 26.4 Å². The van der Waals surface area contributed by atoms with E-state index in [1.165, 1.54) is 20.0 Å². The Bertz CT molecular complexity index is 184. The van der Waals surface area contributed by atoms with Crippen LogP contribution < -0.4 is 0 Å². The lowest BCUT2D eigenvalue weighted by atomic mass is 10.2. The summed E-state index contributed by atoms with van der Waals surface area (Å²) in [6, 6.07) is 0.504. The molecule has 1 aliphatic heterocycles. The van der Waals surface area contributed by atoms with Crippen LogP contribution in [0.2, 0.25) is 0 Å². The average molecular weight is 186 g/mol. The molecule has 76 valence electrons. The Hall–Kier alpha value is -0.770. The molecule has 0 spiro atoms. The van der Waals surface area contributed by atoms with Gasteiger partial charge in [-0.15, -0.1) is 0 Å². The van der Waals surface area contributed by atoms with E-state index in [9.17, 15) is 4.79 Å². The van der Waals surface area contributed by atoms with Crippen LogP contribution in [-0.4, -0.2) is 56.2 Å². The number of likely N-dealkylation sites (tertiary alicyclic amines) is 1. The van der Waals surface area contributed by atoms with Gasteiger partial charge in [-0.3, -0.25) is 0 Å². The molecular weight excluding hydrogens is 168 g/mol. The highest BCUT2D eigenvalue weighted by molar-refractivity contribution is 5.66. The van der Waals surface area contributed by atoms with Crippen LogP contribution in [0.5, 0.6) is 0 Å². The molecule has 1 saturated heterocycles. The van der Waals surface area contributed by atoms with E-state index in [1.807, 2.05) is 0 Å². The minimum absolute atomic E-state index is 0.250. The van der Waals surface area contributed by atoms with Crippen molar-refractivity contribution in [1.29, 1.82) is 0 Å². The highest BCUT2D eigenvalue weighted by Crippen LogP contribution is 2.15. The third kappa shape index (κ3) is 2.59. The minimum atomic E-state index is -0.250. The molecule has 1 aliphatic rings. The molecule has 13 heavy (non-hydrogen) atoms. The maximum absolute atomic E-state index is 11.1. The smallest absolute Gasteiger partial charge is 0.409 e. The van der Waals surface area contributed by atoms with E-state index >= 15 is 0 Å². The van der Waals surface area contributed by atoms with Gasteiger partial charge >= 0.3 is 6.09 Å². The maximum atomic E-state index is 11.1.